The van der Waals surface area contributed by atoms with Gasteiger partial charge >= 0.3 is 6.03 Å². The Balaban J connectivity index is 1.60. The number of methoxy groups -OCH3 is 1. The first-order valence-electron chi connectivity index (χ1n) is 9.48. The lowest BCUT2D eigenvalue weighted by molar-refractivity contribution is 0.248. The van der Waals surface area contributed by atoms with E-state index in [1.807, 2.05) is 30.3 Å². The van der Waals surface area contributed by atoms with Gasteiger partial charge in [-0.05, 0) is 42.0 Å². The van der Waals surface area contributed by atoms with Crippen molar-refractivity contribution in [2.75, 3.05) is 12.4 Å². The number of hydrogen-bond acceptors (Lipinski definition) is 5. The van der Waals surface area contributed by atoms with Crippen molar-refractivity contribution in [1.29, 1.82) is 0 Å². The molecule has 0 saturated heterocycles. The third-order valence-corrected chi connectivity index (χ3v) is 4.77. The van der Waals surface area contributed by atoms with E-state index in [4.69, 9.17) is 20.8 Å². The topological polar surface area (TPSA) is 89.3 Å². The largest absolute Gasteiger partial charge is 0.497 e. The maximum absolute atomic E-state index is 12.7. The van der Waals surface area contributed by atoms with Gasteiger partial charge in [-0.1, -0.05) is 48.0 Å². The van der Waals surface area contributed by atoms with E-state index in [1.165, 1.54) is 0 Å². The van der Waals surface area contributed by atoms with Crippen molar-refractivity contribution in [3.05, 3.63) is 95.3 Å². The summed E-state index contributed by atoms with van der Waals surface area (Å²) in [4.78, 5) is 12.7. The number of nitrogens with zero attached hydrogens (tertiary/aromatic N) is 2. The number of rotatable bonds is 6. The number of ether oxygens (including phenoxy) is 1. The number of hydrogen-bond donors (Lipinski definition) is 2. The van der Waals surface area contributed by atoms with Crippen LogP contribution in [0.5, 0.6) is 5.75 Å². The Labute approximate surface area is 184 Å². The van der Waals surface area contributed by atoms with Gasteiger partial charge < -0.3 is 19.8 Å². The quantitative estimate of drug-likeness (QED) is 0.429. The number of carbonyl (C=O) groups excluding carboxylic acids is 1. The van der Waals surface area contributed by atoms with Crippen LogP contribution < -0.4 is 15.4 Å². The lowest BCUT2D eigenvalue weighted by atomic mass is 10.1. The standard InChI is InChI=1S/C23H19ClN4O3/c1-30-19-9-5-8-18(14-19)25-23(29)26-20(15-10-12-17(24)13-11-15)22-28-27-21(31-22)16-6-3-2-4-7-16/h2-14,20H,1H3,(H2,25,26,29)/t20-/m1/s1. The van der Waals surface area contributed by atoms with Gasteiger partial charge in [-0.3, -0.25) is 0 Å². The maximum atomic E-state index is 12.7. The van der Waals surface area contributed by atoms with Crippen LogP contribution in [0.15, 0.2) is 83.3 Å². The van der Waals surface area contributed by atoms with Crippen LogP contribution in [0, 0.1) is 0 Å². The number of halogens is 1. The molecule has 0 aliphatic carbocycles. The van der Waals surface area contributed by atoms with Crippen LogP contribution in [0.3, 0.4) is 0 Å². The lowest BCUT2D eigenvalue weighted by Gasteiger charge is -2.16. The lowest BCUT2D eigenvalue weighted by Crippen LogP contribution is -2.33. The third kappa shape index (κ3) is 5.02. The fourth-order valence-electron chi connectivity index (χ4n) is 2.99. The van der Waals surface area contributed by atoms with Gasteiger partial charge in [0.15, 0.2) is 0 Å². The van der Waals surface area contributed by atoms with Crippen molar-refractivity contribution in [1.82, 2.24) is 15.5 Å². The van der Waals surface area contributed by atoms with E-state index in [1.54, 1.807) is 55.6 Å². The zero-order chi connectivity index (χ0) is 21.6. The molecule has 0 radical (unpaired) electrons. The Morgan fingerprint density at radius 2 is 1.77 bits per heavy atom. The second kappa shape index (κ2) is 9.32. The molecule has 0 spiro atoms. The predicted octanol–water partition coefficient (Wildman–Crippen LogP) is 5.31. The minimum absolute atomic E-state index is 0.252. The predicted molar refractivity (Wildman–Crippen MR) is 118 cm³/mol. The van der Waals surface area contributed by atoms with Crippen LogP contribution in [-0.2, 0) is 0 Å². The molecule has 31 heavy (non-hydrogen) atoms. The molecular formula is C23H19ClN4O3. The van der Waals surface area contributed by atoms with Gasteiger partial charge in [0, 0.05) is 22.3 Å². The van der Waals surface area contributed by atoms with E-state index < -0.39 is 12.1 Å². The molecule has 8 heteroatoms. The maximum Gasteiger partial charge on any atom is 0.320 e. The zero-order valence-electron chi connectivity index (χ0n) is 16.6. The Bertz CT molecular complexity index is 1160. The van der Waals surface area contributed by atoms with Crippen LogP contribution >= 0.6 is 11.6 Å². The molecule has 4 rings (SSSR count). The fraction of sp³-hybridized carbons (Fsp3) is 0.0870. The SMILES string of the molecule is COc1cccc(NC(=O)N[C@H](c2ccc(Cl)cc2)c2nnc(-c3ccccc3)o2)c1. The number of carbonyl (C=O) groups is 1. The molecule has 2 amide bonds. The van der Waals surface area contributed by atoms with Gasteiger partial charge in [-0.25, -0.2) is 4.79 Å². The van der Waals surface area contributed by atoms with Crippen molar-refractivity contribution < 1.29 is 13.9 Å². The monoisotopic (exact) mass is 434 g/mol. The summed E-state index contributed by atoms with van der Waals surface area (Å²) in [5.41, 5.74) is 2.12. The third-order valence-electron chi connectivity index (χ3n) is 4.51. The van der Waals surface area contributed by atoms with Gasteiger partial charge in [0.25, 0.3) is 0 Å². The van der Waals surface area contributed by atoms with Crippen molar-refractivity contribution >= 4 is 23.3 Å². The van der Waals surface area contributed by atoms with Gasteiger partial charge in [-0.2, -0.15) is 0 Å². The van der Waals surface area contributed by atoms with E-state index >= 15 is 0 Å². The van der Waals surface area contributed by atoms with Gasteiger partial charge in [0.1, 0.15) is 11.8 Å². The first-order chi connectivity index (χ1) is 15.1. The summed E-state index contributed by atoms with van der Waals surface area (Å²) in [7, 11) is 1.57. The molecule has 1 heterocycles. The molecule has 156 valence electrons. The number of aromatic nitrogens is 2. The van der Waals surface area contributed by atoms with E-state index in [9.17, 15) is 4.79 Å². The summed E-state index contributed by atoms with van der Waals surface area (Å²) in [5.74, 6) is 1.25. The molecule has 0 unspecified atom stereocenters. The highest BCUT2D eigenvalue weighted by Gasteiger charge is 2.23. The average Bonchev–Trinajstić information content (AvgIpc) is 3.29. The summed E-state index contributed by atoms with van der Waals surface area (Å²) < 4.78 is 11.1. The first kappa shape index (κ1) is 20.4. The minimum atomic E-state index is -0.673. The Morgan fingerprint density at radius 3 is 2.52 bits per heavy atom. The highest BCUT2D eigenvalue weighted by molar-refractivity contribution is 6.30. The normalized spacial score (nSPS) is 11.5. The highest BCUT2D eigenvalue weighted by atomic mass is 35.5. The van der Waals surface area contributed by atoms with Crippen LogP contribution in [0.1, 0.15) is 17.5 Å². The van der Waals surface area contributed by atoms with Gasteiger partial charge in [0.05, 0.1) is 7.11 Å². The van der Waals surface area contributed by atoms with Crippen molar-refractivity contribution in [2.45, 2.75) is 6.04 Å². The molecule has 4 aromatic rings. The molecule has 7 nitrogen and oxygen atoms in total. The molecular weight excluding hydrogens is 416 g/mol. The number of nitrogens with one attached hydrogen (secondary N) is 2. The molecule has 2 N–H and O–H groups in total. The van der Waals surface area contributed by atoms with E-state index in [0.29, 0.717) is 22.4 Å². The van der Waals surface area contributed by atoms with Crippen molar-refractivity contribution in [3.8, 4) is 17.2 Å². The molecule has 0 aliphatic heterocycles. The Kier molecular flexibility index (Phi) is 6.14. The average molecular weight is 435 g/mol. The number of anilines is 1. The van der Waals surface area contributed by atoms with E-state index in [0.717, 1.165) is 11.1 Å². The smallest absolute Gasteiger partial charge is 0.320 e. The van der Waals surface area contributed by atoms with Gasteiger partial charge in [0.2, 0.25) is 11.8 Å². The molecule has 0 bridgehead atoms. The second-order valence-electron chi connectivity index (χ2n) is 6.63. The minimum Gasteiger partial charge on any atom is -0.497 e. The highest BCUT2D eigenvalue weighted by Crippen LogP contribution is 2.26. The number of urea groups is 1. The zero-order valence-corrected chi connectivity index (χ0v) is 17.3. The molecule has 0 aliphatic rings. The fourth-order valence-corrected chi connectivity index (χ4v) is 3.12. The van der Waals surface area contributed by atoms with Crippen LogP contribution in [0.2, 0.25) is 5.02 Å². The van der Waals surface area contributed by atoms with Crippen molar-refractivity contribution in [3.63, 3.8) is 0 Å². The van der Waals surface area contributed by atoms with Gasteiger partial charge in [-0.15, -0.1) is 10.2 Å². The summed E-state index contributed by atoms with van der Waals surface area (Å²) in [6.45, 7) is 0. The van der Waals surface area contributed by atoms with Crippen molar-refractivity contribution in [2.24, 2.45) is 0 Å². The second-order valence-corrected chi connectivity index (χ2v) is 7.06. The summed E-state index contributed by atoms with van der Waals surface area (Å²) in [5, 5.41) is 14.6. The van der Waals surface area contributed by atoms with E-state index in [2.05, 4.69) is 20.8 Å². The Hall–Kier alpha value is -3.84. The number of benzene rings is 3. The number of amides is 2. The molecule has 0 saturated carbocycles. The molecule has 3 aromatic carbocycles. The Morgan fingerprint density at radius 1 is 1.00 bits per heavy atom. The van der Waals surface area contributed by atoms with Crippen LogP contribution in [0.4, 0.5) is 10.5 Å². The molecule has 1 aromatic heterocycles. The van der Waals surface area contributed by atoms with E-state index in [-0.39, 0.29) is 5.89 Å². The molecule has 1 atom stereocenters. The van der Waals surface area contributed by atoms with Crippen LogP contribution in [0.25, 0.3) is 11.5 Å². The molecule has 0 fully saturated rings. The first-order valence-corrected chi connectivity index (χ1v) is 9.86. The summed E-state index contributed by atoms with van der Waals surface area (Å²) >= 11 is 6.03. The summed E-state index contributed by atoms with van der Waals surface area (Å²) in [6.07, 6.45) is 0. The van der Waals surface area contributed by atoms with Crippen LogP contribution in [-0.4, -0.2) is 23.3 Å². The summed E-state index contributed by atoms with van der Waals surface area (Å²) in [6, 6.07) is 22.4.